The van der Waals surface area contributed by atoms with Crippen LogP contribution in [0.5, 0.6) is 5.75 Å². The highest BCUT2D eigenvalue weighted by Gasteiger charge is 2.18. The smallest absolute Gasteiger partial charge is 0.267 e. The van der Waals surface area contributed by atoms with E-state index >= 15 is 0 Å². The van der Waals surface area contributed by atoms with E-state index in [2.05, 4.69) is 20.5 Å². The Morgan fingerprint density at radius 3 is 2.72 bits per heavy atom. The van der Waals surface area contributed by atoms with Gasteiger partial charge in [0.25, 0.3) is 16.0 Å². The molecule has 1 aromatic carbocycles. The van der Waals surface area contributed by atoms with Gasteiger partial charge in [-0.2, -0.15) is 8.42 Å². The largest absolute Gasteiger partial charge is 0.496 e. The second-order valence-corrected chi connectivity index (χ2v) is 8.68. The number of benzene rings is 1. The van der Waals surface area contributed by atoms with Gasteiger partial charge in [0.1, 0.15) is 17.4 Å². The number of pyridine rings is 1. The van der Waals surface area contributed by atoms with E-state index in [9.17, 15) is 13.2 Å². The van der Waals surface area contributed by atoms with E-state index in [1.807, 2.05) is 18.2 Å². The molecule has 29 heavy (non-hydrogen) atoms. The third-order valence-electron chi connectivity index (χ3n) is 3.87. The average Bonchev–Trinajstić information content (AvgIpc) is 3.19. The molecule has 1 N–H and O–H groups in total. The molecule has 0 aliphatic rings. The van der Waals surface area contributed by atoms with Gasteiger partial charge in [-0.3, -0.25) is 19.3 Å². The maximum atomic E-state index is 12.8. The number of para-hydroxylation sites is 1. The molecule has 0 bridgehead atoms. The van der Waals surface area contributed by atoms with Crippen LogP contribution in [0.15, 0.2) is 42.7 Å². The summed E-state index contributed by atoms with van der Waals surface area (Å²) in [5, 5.41) is 10.9. The van der Waals surface area contributed by atoms with E-state index in [0.29, 0.717) is 21.9 Å². The molecule has 11 heteroatoms. The minimum absolute atomic E-state index is 0.136. The second-order valence-electron chi connectivity index (χ2n) is 5.69. The Morgan fingerprint density at radius 1 is 1.17 bits per heavy atom. The number of hydrogen-bond acceptors (Lipinski definition) is 9. The fourth-order valence-electron chi connectivity index (χ4n) is 2.42. The Labute approximate surface area is 171 Å². The monoisotopic (exact) mass is 434 g/mol. The first-order valence-corrected chi connectivity index (χ1v) is 10.9. The molecular weight excluding hydrogens is 416 g/mol. The van der Waals surface area contributed by atoms with Crippen LogP contribution in [-0.4, -0.2) is 42.4 Å². The van der Waals surface area contributed by atoms with Crippen molar-refractivity contribution in [2.24, 2.45) is 0 Å². The van der Waals surface area contributed by atoms with Gasteiger partial charge in [0.2, 0.25) is 5.13 Å². The standard InChI is InChI=1S/C18H18N4O5S2/c1-3-29(24,25)27-11-16-21-22-18(28-16)20-17(23)13-8-9-19-10-14(13)12-6-4-5-7-15(12)26-2/h4-10H,3,11H2,1-2H3,(H,20,22,23). The minimum atomic E-state index is -3.58. The fourth-order valence-corrected chi connectivity index (χ4v) is 3.61. The maximum absolute atomic E-state index is 12.8. The number of nitrogens with zero attached hydrogens (tertiary/aromatic N) is 3. The number of rotatable bonds is 8. The molecular formula is C18H18N4O5S2. The number of methoxy groups -OCH3 is 1. The van der Waals surface area contributed by atoms with Crippen LogP contribution in [-0.2, 0) is 20.9 Å². The molecule has 152 valence electrons. The van der Waals surface area contributed by atoms with Gasteiger partial charge in [0, 0.05) is 23.5 Å². The van der Waals surface area contributed by atoms with Crippen LogP contribution in [0.1, 0.15) is 22.3 Å². The van der Waals surface area contributed by atoms with E-state index in [-0.39, 0.29) is 17.5 Å². The lowest BCUT2D eigenvalue weighted by Crippen LogP contribution is -2.13. The molecule has 1 amide bonds. The number of anilines is 1. The fraction of sp³-hybridized carbons (Fsp3) is 0.222. The van der Waals surface area contributed by atoms with Gasteiger partial charge in [-0.05, 0) is 19.1 Å². The Bertz CT molecular complexity index is 1110. The highest BCUT2D eigenvalue weighted by molar-refractivity contribution is 7.86. The van der Waals surface area contributed by atoms with E-state index < -0.39 is 16.0 Å². The van der Waals surface area contributed by atoms with Gasteiger partial charge >= 0.3 is 0 Å². The van der Waals surface area contributed by atoms with Gasteiger partial charge in [-0.25, -0.2) is 0 Å². The summed E-state index contributed by atoms with van der Waals surface area (Å²) in [6.07, 6.45) is 3.10. The summed E-state index contributed by atoms with van der Waals surface area (Å²) >= 11 is 1.03. The molecule has 2 heterocycles. The van der Waals surface area contributed by atoms with Crippen LogP contribution in [0, 0.1) is 0 Å². The topological polar surface area (TPSA) is 120 Å². The third kappa shape index (κ3) is 5.13. The van der Waals surface area contributed by atoms with Crippen LogP contribution < -0.4 is 10.1 Å². The molecule has 3 rings (SSSR count). The average molecular weight is 434 g/mol. The van der Waals surface area contributed by atoms with Crippen LogP contribution in [0.3, 0.4) is 0 Å². The zero-order valence-electron chi connectivity index (χ0n) is 15.7. The third-order valence-corrected chi connectivity index (χ3v) is 5.86. The lowest BCUT2D eigenvalue weighted by atomic mass is 10.0. The van der Waals surface area contributed by atoms with E-state index in [1.54, 1.807) is 25.4 Å². The molecule has 0 aliphatic carbocycles. The van der Waals surface area contributed by atoms with Crippen LogP contribution >= 0.6 is 11.3 Å². The van der Waals surface area contributed by atoms with Gasteiger partial charge < -0.3 is 4.74 Å². The van der Waals surface area contributed by atoms with Crippen molar-refractivity contribution in [2.75, 3.05) is 18.2 Å². The molecule has 0 fully saturated rings. The molecule has 0 saturated heterocycles. The van der Waals surface area contributed by atoms with Gasteiger partial charge in [0.15, 0.2) is 0 Å². The Morgan fingerprint density at radius 2 is 1.97 bits per heavy atom. The van der Waals surface area contributed by atoms with Crippen molar-refractivity contribution in [1.29, 1.82) is 0 Å². The normalized spacial score (nSPS) is 11.2. The number of hydrogen-bond donors (Lipinski definition) is 1. The predicted octanol–water partition coefficient (Wildman–Crippen LogP) is 2.73. The highest BCUT2D eigenvalue weighted by atomic mass is 32.2. The zero-order valence-corrected chi connectivity index (χ0v) is 17.3. The highest BCUT2D eigenvalue weighted by Crippen LogP contribution is 2.32. The summed E-state index contributed by atoms with van der Waals surface area (Å²) in [6.45, 7) is 1.25. The molecule has 0 atom stereocenters. The molecule has 0 aliphatic heterocycles. The van der Waals surface area contributed by atoms with Crippen molar-refractivity contribution in [3.63, 3.8) is 0 Å². The summed E-state index contributed by atoms with van der Waals surface area (Å²) in [6, 6.07) is 8.90. The molecule has 0 unspecified atom stereocenters. The number of amides is 1. The van der Waals surface area contributed by atoms with Crippen molar-refractivity contribution in [3.05, 3.63) is 53.3 Å². The molecule has 3 aromatic rings. The lowest BCUT2D eigenvalue weighted by molar-refractivity contribution is 0.102. The molecule has 0 spiro atoms. The SMILES string of the molecule is CCS(=O)(=O)OCc1nnc(NC(=O)c2ccncc2-c2ccccc2OC)s1. The molecule has 9 nitrogen and oxygen atoms in total. The maximum Gasteiger partial charge on any atom is 0.267 e. The summed E-state index contributed by atoms with van der Waals surface area (Å²) in [5.41, 5.74) is 1.71. The number of ether oxygens (including phenoxy) is 1. The van der Waals surface area contributed by atoms with Crippen molar-refractivity contribution in [3.8, 4) is 16.9 Å². The molecule has 0 saturated carbocycles. The first-order valence-electron chi connectivity index (χ1n) is 8.51. The number of carbonyl (C=O) groups excluding carboxylic acids is 1. The Balaban J connectivity index is 1.79. The summed E-state index contributed by atoms with van der Waals surface area (Å²) in [4.78, 5) is 16.9. The van der Waals surface area contributed by atoms with Crippen molar-refractivity contribution >= 4 is 32.5 Å². The van der Waals surface area contributed by atoms with Crippen LogP contribution in [0.25, 0.3) is 11.1 Å². The van der Waals surface area contributed by atoms with Gasteiger partial charge in [-0.1, -0.05) is 29.5 Å². The second kappa shape index (κ2) is 9.07. The van der Waals surface area contributed by atoms with Gasteiger partial charge in [0.05, 0.1) is 18.4 Å². The summed E-state index contributed by atoms with van der Waals surface area (Å²) in [5.74, 6) is 0.0727. The summed E-state index contributed by atoms with van der Waals surface area (Å²) in [7, 11) is -2.03. The van der Waals surface area contributed by atoms with Crippen molar-refractivity contribution in [1.82, 2.24) is 15.2 Å². The zero-order chi connectivity index (χ0) is 20.9. The first kappa shape index (κ1) is 20.8. The van der Waals surface area contributed by atoms with Crippen molar-refractivity contribution in [2.45, 2.75) is 13.5 Å². The number of nitrogens with one attached hydrogen (secondary N) is 1. The van der Waals surface area contributed by atoms with E-state index in [0.717, 1.165) is 16.9 Å². The number of carbonyl (C=O) groups is 1. The first-order chi connectivity index (χ1) is 13.9. The van der Waals surface area contributed by atoms with E-state index in [4.69, 9.17) is 8.92 Å². The van der Waals surface area contributed by atoms with Gasteiger partial charge in [-0.15, -0.1) is 10.2 Å². The van der Waals surface area contributed by atoms with Crippen LogP contribution in [0.4, 0.5) is 5.13 Å². The van der Waals surface area contributed by atoms with E-state index in [1.165, 1.54) is 13.1 Å². The Hall–Kier alpha value is -2.89. The number of aromatic nitrogens is 3. The molecule has 0 radical (unpaired) electrons. The molecule has 2 aromatic heterocycles. The van der Waals surface area contributed by atoms with Crippen molar-refractivity contribution < 1.29 is 22.1 Å². The quantitative estimate of drug-likeness (QED) is 0.537. The predicted molar refractivity (Wildman–Crippen MR) is 108 cm³/mol. The lowest BCUT2D eigenvalue weighted by Gasteiger charge is -2.11. The van der Waals surface area contributed by atoms with Crippen LogP contribution in [0.2, 0.25) is 0 Å². The minimum Gasteiger partial charge on any atom is -0.496 e. The Kier molecular flexibility index (Phi) is 6.52. The summed E-state index contributed by atoms with van der Waals surface area (Å²) < 4.78 is 33.0.